The molecule has 2 fully saturated rings. The van der Waals surface area contributed by atoms with E-state index in [4.69, 9.17) is 28.3 Å². The molecule has 3 heterocycles. The number of hydrogen-bond donors (Lipinski definition) is 0. The second-order valence-corrected chi connectivity index (χ2v) is 9.70. The molecule has 0 radical (unpaired) electrons. The smallest absolute Gasteiger partial charge is 0.496 e. The van der Waals surface area contributed by atoms with Crippen LogP contribution in [0.2, 0.25) is 0 Å². The van der Waals surface area contributed by atoms with Gasteiger partial charge in [0, 0.05) is 11.9 Å². The van der Waals surface area contributed by atoms with Gasteiger partial charge in [-0.25, -0.2) is 4.79 Å². The van der Waals surface area contributed by atoms with Gasteiger partial charge in [0.15, 0.2) is 11.9 Å². The highest BCUT2D eigenvalue weighted by molar-refractivity contribution is 6.64. The van der Waals surface area contributed by atoms with Crippen molar-refractivity contribution in [2.45, 2.75) is 76.8 Å². The number of ketones is 1. The third-order valence-electron chi connectivity index (χ3n) is 7.12. The summed E-state index contributed by atoms with van der Waals surface area (Å²) in [6.07, 6.45) is -0.972. The summed E-state index contributed by atoms with van der Waals surface area (Å²) in [6.45, 7) is 9.49. The van der Waals surface area contributed by atoms with Crippen LogP contribution in [0.3, 0.4) is 0 Å². The number of esters is 2. The van der Waals surface area contributed by atoms with E-state index in [0.29, 0.717) is 16.8 Å². The monoisotopic (exact) mass is 460 g/mol. The van der Waals surface area contributed by atoms with E-state index in [9.17, 15) is 14.4 Å². The Morgan fingerprint density at radius 2 is 1.76 bits per heavy atom. The summed E-state index contributed by atoms with van der Waals surface area (Å²) in [5.74, 6) is -1.21. The molecule has 1 aromatic rings. The standard InChI is InChI=1S/C23H29BO9/c1-12-10-14(28-6)17-13(25)11-23(20(27)29-7,15-8-9-16(26)30-15)31-19(17)18(12)24-32-21(2,3)22(4,5)33-24/h10,15H,8-9,11H2,1-7H3/t15-,23+/m0/s1. The molecule has 9 nitrogen and oxygen atoms in total. The molecule has 4 rings (SSSR count). The number of ether oxygens (including phenoxy) is 4. The predicted octanol–water partition coefficient (Wildman–Crippen LogP) is 1.89. The van der Waals surface area contributed by atoms with E-state index in [1.54, 1.807) is 6.07 Å². The van der Waals surface area contributed by atoms with Gasteiger partial charge in [-0.15, -0.1) is 0 Å². The quantitative estimate of drug-likeness (QED) is 0.492. The largest absolute Gasteiger partial charge is 0.498 e. The van der Waals surface area contributed by atoms with Crippen LogP contribution in [0.5, 0.6) is 11.5 Å². The number of Topliss-reactive ketones (excluding diaryl/α,β-unsaturated/α-hetero) is 1. The van der Waals surface area contributed by atoms with Crippen molar-refractivity contribution in [2.75, 3.05) is 14.2 Å². The van der Waals surface area contributed by atoms with E-state index in [2.05, 4.69) is 0 Å². The number of rotatable bonds is 4. The lowest BCUT2D eigenvalue weighted by atomic mass is 9.72. The normalized spacial score (nSPS) is 27.6. The van der Waals surface area contributed by atoms with Crippen molar-refractivity contribution in [3.63, 3.8) is 0 Å². The topological polar surface area (TPSA) is 107 Å². The zero-order chi connectivity index (χ0) is 24.3. The zero-order valence-electron chi connectivity index (χ0n) is 20.0. The Morgan fingerprint density at radius 3 is 2.27 bits per heavy atom. The molecular weight excluding hydrogens is 431 g/mol. The molecule has 0 spiro atoms. The van der Waals surface area contributed by atoms with E-state index >= 15 is 0 Å². The molecule has 10 heteroatoms. The molecule has 2 saturated heterocycles. The maximum Gasteiger partial charge on any atom is 0.498 e. The van der Waals surface area contributed by atoms with Crippen LogP contribution >= 0.6 is 0 Å². The highest BCUT2D eigenvalue weighted by atomic mass is 16.7. The fraction of sp³-hybridized carbons (Fsp3) is 0.609. The lowest BCUT2D eigenvalue weighted by Crippen LogP contribution is -2.59. The highest BCUT2D eigenvalue weighted by Crippen LogP contribution is 2.45. The average molecular weight is 460 g/mol. The first-order chi connectivity index (χ1) is 15.4. The van der Waals surface area contributed by atoms with Gasteiger partial charge in [0.1, 0.15) is 17.1 Å². The Balaban J connectivity index is 1.91. The second kappa shape index (κ2) is 7.73. The number of carbonyl (C=O) groups is 3. The van der Waals surface area contributed by atoms with Gasteiger partial charge in [-0.05, 0) is 52.7 Å². The van der Waals surface area contributed by atoms with Crippen LogP contribution in [-0.2, 0) is 28.4 Å². The number of methoxy groups -OCH3 is 2. The first-order valence-corrected chi connectivity index (χ1v) is 10.9. The van der Waals surface area contributed by atoms with Crippen molar-refractivity contribution in [3.8, 4) is 11.5 Å². The van der Waals surface area contributed by atoms with Crippen molar-refractivity contribution in [2.24, 2.45) is 0 Å². The summed E-state index contributed by atoms with van der Waals surface area (Å²) in [7, 11) is 1.80. The number of cyclic esters (lactones) is 1. The fourth-order valence-corrected chi connectivity index (χ4v) is 4.55. The SMILES string of the molecule is COC(=O)[C@]1([C@@H]2CCC(=O)O2)CC(=O)c2c(OC)cc(C)c(B3OC(C)(C)C(C)(C)O3)c2O1. The summed E-state index contributed by atoms with van der Waals surface area (Å²) in [5.41, 5.74) is -1.73. The van der Waals surface area contributed by atoms with Gasteiger partial charge in [-0.1, -0.05) is 0 Å². The molecule has 0 amide bonds. The summed E-state index contributed by atoms with van der Waals surface area (Å²) in [6, 6.07) is 1.72. The lowest BCUT2D eigenvalue weighted by Gasteiger charge is -2.39. The van der Waals surface area contributed by atoms with Crippen LogP contribution in [-0.4, -0.2) is 62.0 Å². The zero-order valence-corrected chi connectivity index (χ0v) is 20.0. The molecule has 3 aliphatic rings. The van der Waals surface area contributed by atoms with Crippen LogP contribution in [0.25, 0.3) is 0 Å². The van der Waals surface area contributed by atoms with Gasteiger partial charge in [0.05, 0.1) is 31.8 Å². The van der Waals surface area contributed by atoms with Gasteiger partial charge in [0.25, 0.3) is 0 Å². The summed E-state index contributed by atoms with van der Waals surface area (Å²) in [4.78, 5) is 38.4. The minimum absolute atomic E-state index is 0.120. The molecule has 33 heavy (non-hydrogen) atoms. The minimum atomic E-state index is -1.82. The molecule has 0 bridgehead atoms. The number of carbonyl (C=O) groups excluding carboxylic acids is 3. The molecule has 178 valence electrons. The van der Waals surface area contributed by atoms with Crippen molar-refractivity contribution >= 4 is 30.3 Å². The molecular formula is C23H29BO9. The number of fused-ring (bicyclic) bond motifs is 1. The van der Waals surface area contributed by atoms with E-state index < -0.39 is 42.0 Å². The molecule has 0 N–H and O–H groups in total. The van der Waals surface area contributed by atoms with Gasteiger partial charge in [0.2, 0.25) is 5.60 Å². The minimum Gasteiger partial charge on any atom is -0.496 e. The van der Waals surface area contributed by atoms with Gasteiger partial charge in [-0.3, -0.25) is 9.59 Å². The first-order valence-electron chi connectivity index (χ1n) is 10.9. The highest BCUT2D eigenvalue weighted by Gasteiger charge is 2.60. The Bertz CT molecular complexity index is 1020. The molecule has 3 aliphatic heterocycles. The molecule has 2 atom stereocenters. The summed E-state index contributed by atoms with van der Waals surface area (Å²) >= 11 is 0. The van der Waals surface area contributed by atoms with Crippen molar-refractivity contribution in [1.29, 1.82) is 0 Å². The molecule has 0 unspecified atom stereocenters. The van der Waals surface area contributed by atoms with E-state index in [0.717, 1.165) is 0 Å². The Morgan fingerprint density at radius 1 is 1.12 bits per heavy atom. The second-order valence-electron chi connectivity index (χ2n) is 9.70. The summed E-state index contributed by atoms with van der Waals surface area (Å²) < 4.78 is 34.8. The van der Waals surface area contributed by atoms with Crippen molar-refractivity contribution in [1.82, 2.24) is 0 Å². The third kappa shape index (κ3) is 3.51. The Labute approximate surface area is 193 Å². The molecule has 1 aromatic carbocycles. The van der Waals surface area contributed by atoms with Crippen LogP contribution in [0.1, 0.15) is 62.9 Å². The number of hydrogen-bond acceptors (Lipinski definition) is 9. The Kier molecular flexibility index (Phi) is 5.52. The Hall–Kier alpha value is -2.59. The van der Waals surface area contributed by atoms with E-state index in [1.165, 1.54) is 14.2 Å². The first kappa shape index (κ1) is 23.6. The fourth-order valence-electron chi connectivity index (χ4n) is 4.55. The lowest BCUT2D eigenvalue weighted by molar-refractivity contribution is -0.175. The van der Waals surface area contributed by atoms with Gasteiger partial charge >= 0.3 is 19.1 Å². The number of benzene rings is 1. The molecule has 0 aliphatic carbocycles. The van der Waals surface area contributed by atoms with Crippen LogP contribution in [0.15, 0.2) is 6.07 Å². The van der Waals surface area contributed by atoms with E-state index in [-0.39, 0.29) is 36.4 Å². The van der Waals surface area contributed by atoms with Crippen LogP contribution in [0.4, 0.5) is 0 Å². The molecule has 0 saturated carbocycles. The van der Waals surface area contributed by atoms with Gasteiger partial charge < -0.3 is 28.3 Å². The van der Waals surface area contributed by atoms with Crippen LogP contribution < -0.4 is 14.9 Å². The maximum atomic E-state index is 13.5. The predicted molar refractivity (Wildman–Crippen MR) is 117 cm³/mol. The summed E-state index contributed by atoms with van der Waals surface area (Å²) in [5, 5.41) is 0. The third-order valence-corrected chi connectivity index (χ3v) is 7.12. The number of aryl methyl sites for hydroxylation is 1. The maximum absolute atomic E-state index is 13.5. The van der Waals surface area contributed by atoms with Gasteiger partial charge in [-0.2, -0.15) is 0 Å². The van der Waals surface area contributed by atoms with Crippen molar-refractivity contribution in [3.05, 3.63) is 17.2 Å². The molecule has 0 aromatic heterocycles. The average Bonchev–Trinajstić information content (AvgIpc) is 3.26. The van der Waals surface area contributed by atoms with Crippen LogP contribution in [0, 0.1) is 6.92 Å². The van der Waals surface area contributed by atoms with Crippen molar-refractivity contribution < 1.29 is 42.6 Å². The van der Waals surface area contributed by atoms with E-state index in [1.807, 2.05) is 34.6 Å².